The number of nitrogens with zero attached hydrogens (tertiary/aromatic N) is 1. The molecule has 1 aromatic heterocycles. The molecule has 1 atom stereocenters. The molecule has 34 heavy (non-hydrogen) atoms. The van der Waals surface area contributed by atoms with Gasteiger partial charge in [0.05, 0.1) is 5.56 Å². The fourth-order valence-corrected chi connectivity index (χ4v) is 4.44. The van der Waals surface area contributed by atoms with Crippen LogP contribution in [0.1, 0.15) is 39.8 Å². The maximum atomic E-state index is 12.9. The van der Waals surface area contributed by atoms with E-state index in [9.17, 15) is 14.7 Å². The maximum absolute atomic E-state index is 12.9. The number of carboxylic acid groups (broad SMARTS) is 1. The van der Waals surface area contributed by atoms with Gasteiger partial charge in [0.2, 0.25) is 0 Å². The first kappa shape index (κ1) is 21.5. The first-order valence-corrected chi connectivity index (χ1v) is 11.0. The van der Waals surface area contributed by atoms with Crippen LogP contribution in [0, 0.1) is 6.92 Å². The summed E-state index contributed by atoms with van der Waals surface area (Å²) in [4.78, 5) is 25.0. The molecule has 7 heteroatoms. The van der Waals surface area contributed by atoms with E-state index in [1.54, 1.807) is 13.0 Å². The summed E-state index contributed by atoms with van der Waals surface area (Å²) >= 11 is 0. The zero-order valence-corrected chi connectivity index (χ0v) is 18.4. The number of rotatable bonds is 5. The normalized spacial score (nSPS) is 14.4. The number of benzene rings is 3. The lowest BCUT2D eigenvalue weighted by Crippen LogP contribution is -2.17. The molecule has 0 saturated carbocycles. The van der Waals surface area contributed by atoms with Gasteiger partial charge >= 0.3 is 12.1 Å². The van der Waals surface area contributed by atoms with Crippen LogP contribution in [-0.2, 0) is 11.2 Å². The summed E-state index contributed by atoms with van der Waals surface area (Å²) in [5.74, 6) is -0.762. The molecule has 1 aliphatic carbocycles. The second-order valence-electron chi connectivity index (χ2n) is 8.12. The monoisotopic (exact) mass is 454 g/mol. The zero-order valence-electron chi connectivity index (χ0n) is 18.4. The molecule has 3 aromatic carbocycles. The number of anilines is 1. The summed E-state index contributed by atoms with van der Waals surface area (Å²) < 4.78 is 11.1. The molecule has 1 aliphatic rings. The SMILES string of the molecule is Cc1onc(-c2c(C(=O)O)cccc2-c2ccccc2)c1NC(=O)OC1CCc2ccccc21. The van der Waals surface area contributed by atoms with E-state index in [2.05, 4.69) is 10.5 Å². The molecule has 0 aliphatic heterocycles. The molecule has 1 amide bonds. The van der Waals surface area contributed by atoms with E-state index in [0.29, 0.717) is 23.3 Å². The number of fused-ring (bicyclic) bond motifs is 1. The summed E-state index contributed by atoms with van der Waals surface area (Å²) in [7, 11) is 0. The Kier molecular flexibility index (Phi) is 5.59. The van der Waals surface area contributed by atoms with Gasteiger partial charge in [-0.1, -0.05) is 71.9 Å². The van der Waals surface area contributed by atoms with Gasteiger partial charge in [0, 0.05) is 5.56 Å². The van der Waals surface area contributed by atoms with Gasteiger partial charge < -0.3 is 14.4 Å². The Hall–Kier alpha value is -4.39. The van der Waals surface area contributed by atoms with Crippen LogP contribution >= 0.6 is 0 Å². The highest BCUT2D eigenvalue weighted by molar-refractivity contribution is 6.04. The fourth-order valence-electron chi connectivity index (χ4n) is 4.44. The Morgan fingerprint density at radius 2 is 1.79 bits per heavy atom. The number of aromatic carboxylic acids is 1. The van der Waals surface area contributed by atoms with Gasteiger partial charge in [-0.2, -0.15) is 0 Å². The highest BCUT2D eigenvalue weighted by atomic mass is 16.6. The van der Waals surface area contributed by atoms with Crippen molar-refractivity contribution in [3.63, 3.8) is 0 Å². The third-order valence-electron chi connectivity index (χ3n) is 6.03. The molecule has 5 rings (SSSR count). The Labute approximate surface area is 196 Å². The first-order valence-electron chi connectivity index (χ1n) is 11.0. The molecular weight excluding hydrogens is 432 g/mol. The lowest BCUT2D eigenvalue weighted by molar-refractivity contribution is 0.0697. The van der Waals surface area contributed by atoms with Crippen molar-refractivity contribution >= 4 is 17.7 Å². The summed E-state index contributed by atoms with van der Waals surface area (Å²) in [6.07, 6.45) is 0.565. The molecule has 1 heterocycles. The van der Waals surface area contributed by atoms with Crippen LogP contribution in [0.3, 0.4) is 0 Å². The van der Waals surface area contributed by atoms with Gasteiger partial charge in [0.15, 0.2) is 5.76 Å². The average Bonchev–Trinajstić information content (AvgIpc) is 3.42. The van der Waals surface area contributed by atoms with Crippen LogP contribution < -0.4 is 5.32 Å². The molecule has 0 bridgehead atoms. The Morgan fingerprint density at radius 3 is 2.59 bits per heavy atom. The van der Waals surface area contributed by atoms with Crippen LogP contribution in [0.4, 0.5) is 10.5 Å². The number of hydrogen-bond donors (Lipinski definition) is 2. The van der Waals surface area contributed by atoms with Crippen LogP contribution in [0.5, 0.6) is 0 Å². The smallest absolute Gasteiger partial charge is 0.412 e. The molecule has 4 aromatic rings. The third kappa shape index (κ3) is 3.92. The molecule has 0 saturated heterocycles. The van der Waals surface area contributed by atoms with Crippen molar-refractivity contribution in [1.82, 2.24) is 5.16 Å². The number of aryl methyl sites for hydroxylation is 2. The number of hydrogen-bond acceptors (Lipinski definition) is 5. The van der Waals surface area contributed by atoms with Gasteiger partial charge in [-0.15, -0.1) is 0 Å². The molecule has 0 radical (unpaired) electrons. The number of amides is 1. The Balaban J connectivity index is 1.51. The molecule has 0 fully saturated rings. The minimum atomic E-state index is -1.11. The largest absolute Gasteiger partial charge is 0.478 e. The second-order valence-corrected chi connectivity index (χ2v) is 8.12. The van der Waals surface area contributed by atoms with E-state index >= 15 is 0 Å². The molecular formula is C27H22N2O5. The van der Waals surface area contributed by atoms with Crippen LogP contribution in [-0.4, -0.2) is 22.3 Å². The standard InChI is InChI=1S/C27H22N2O5/c1-16-24(28-27(32)33-22-15-14-18-10-5-6-11-19(18)22)25(29-34-16)23-20(17-8-3-2-4-9-17)12-7-13-21(23)26(30)31/h2-13,22H,14-15H2,1H3,(H,28,32)(H,30,31). The van der Waals surface area contributed by atoms with E-state index in [4.69, 9.17) is 9.26 Å². The van der Waals surface area contributed by atoms with Crippen LogP contribution in [0.2, 0.25) is 0 Å². The van der Waals surface area contributed by atoms with E-state index in [-0.39, 0.29) is 23.0 Å². The number of carboxylic acids is 1. The lowest BCUT2D eigenvalue weighted by atomic mass is 9.92. The van der Waals surface area contributed by atoms with Gasteiger partial charge in [-0.3, -0.25) is 5.32 Å². The zero-order chi connectivity index (χ0) is 23.7. The fraction of sp³-hybridized carbons (Fsp3) is 0.148. The van der Waals surface area contributed by atoms with E-state index in [1.165, 1.54) is 11.6 Å². The van der Waals surface area contributed by atoms with E-state index < -0.39 is 12.1 Å². The minimum Gasteiger partial charge on any atom is -0.478 e. The molecule has 0 spiro atoms. The van der Waals surface area contributed by atoms with Crippen LogP contribution in [0.25, 0.3) is 22.4 Å². The van der Waals surface area contributed by atoms with Crippen molar-refractivity contribution in [3.05, 3.63) is 95.2 Å². The topological polar surface area (TPSA) is 102 Å². The van der Waals surface area contributed by atoms with Crippen molar-refractivity contribution in [2.75, 3.05) is 5.32 Å². The molecule has 7 nitrogen and oxygen atoms in total. The first-order chi connectivity index (χ1) is 16.5. The van der Waals surface area contributed by atoms with Crippen LogP contribution in [0.15, 0.2) is 77.3 Å². The number of carbonyl (C=O) groups excluding carboxylic acids is 1. The van der Waals surface area contributed by atoms with Crippen molar-refractivity contribution in [2.24, 2.45) is 0 Å². The average molecular weight is 454 g/mol. The number of ether oxygens (including phenoxy) is 1. The molecule has 170 valence electrons. The van der Waals surface area contributed by atoms with Crippen molar-refractivity contribution < 1.29 is 24.0 Å². The van der Waals surface area contributed by atoms with Gasteiger partial charge in [-0.05, 0) is 48.1 Å². The number of nitrogens with one attached hydrogen (secondary N) is 1. The maximum Gasteiger partial charge on any atom is 0.412 e. The molecule has 2 N–H and O–H groups in total. The van der Waals surface area contributed by atoms with Crippen molar-refractivity contribution in [3.8, 4) is 22.4 Å². The predicted octanol–water partition coefficient (Wildman–Crippen LogP) is 6.25. The van der Waals surface area contributed by atoms with Crippen molar-refractivity contribution in [2.45, 2.75) is 25.9 Å². The van der Waals surface area contributed by atoms with Gasteiger partial charge in [-0.25, -0.2) is 9.59 Å². The van der Waals surface area contributed by atoms with Gasteiger partial charge in [0.1, 0.15) is 17.5 Å². The highest BCUT2D eigenvalue weighted by Crippen LogP contribution is 2.40. The highest BCUT2D eigenvalue weighted by Gasteiger charge is 2.28. The van der Waals surface area contributed by atoms with E-state index in [1.807, 2.05) is 60.7 Å². The summed E-state index contributed by atoms with van der Waals surface area (Å²) in [5, 5.41) is 16.8. The quantitative estimate of drug-likeness (QED) is 0.369. The molecule has 1 unspecified atom stereocenters. The number of aromatic nitrogens is 1. The summed E-state index contributed by atoms with van der Waals surface area (Å²) in [6.45, 7) is 1.66. The minimum absolute atomic E-state index is 0.0517. The van der Waals surface area contributed by atoms with Crippen molar-refractivity contribution in [1.29, 1.82) is 0 Å². The Morgan fingerprint density at radius 1 is 1.03 bits per heavy atom. The summed E-state index contributed by atoms with van der Waals surface area (Å²) in [5.41, 5.74) is 4.58. The number of carbonyl (C=O) groups is 2. The third-order valence-corrected chi connectivity index (χ3v) is 6.03. The second kappa shape index (κ2) is 8.86. The summed E-state index contributed by atoms with van der Waals surface area (Å²) in [6, 6.07) is 22.3. The lowest BCUT2D eigenvalue weighted by Gasteiger charge is -2.15. The predicted molar refractivity (Wildman–Crippen MR) is 127 cm³/mol. The Bertz CT molecular complexity index is 1380. The van der Waals surface area contributed by atoms with Gasteiger partial charge in [0.25, 0.3) is 0 Å². The van der Waals surface area contributed by atoms with E-state index in [0.717, 1.165) is 17.5 Å².